The Hall–Kier alpha value is -2.43. The number of anilines is 1. The number of piperidine rings is 1. The van der Waals surface area contributed by atoms with E-state index in [2.05, 4.69) is 13.8 Å². The van der Waals surface area contributed by atoms with Crippen LogP contribution in [-0.4, -0.2) is 30.0 Å². The number of rotatable bonds is 3. The Morgan fingerprint density at radius 1 is 1.21 bits per heavy atom. The molecule has 5 heteroatoms. The highest BCUT2D eigenvalue weighted by Crippen LogP contribution is 2.34. The molecule has 1 fully saturated rings. The molecule has 128 valence electrons. The van der Waals surface area contributed by atoms with E-state index in [1.54, 1.807) is 31.4 Å². The van der Waals surface area contributed by atoms with Crippen molar-refractivity contribution < 1.29 is 13.9 Å². The summed E-state index contributed by atoms with van der Waals surface area (Å²) >= 11 is 0. The molecule has 1 aliphatic heterocycles. The van der Waals surface area contributed by atoms with Gasteiger partial charge in [0.2, 0.25) is 0 Å². The highest BCUT2D eigenvalue weighted by Gasteiger charge is 2.31. The molecule has 0 unspecified atom stereocenters. The summed E-state index contributed by atoms with van der Waals surface area (Å²) in [5.41, 5.74) is 7.19. The number of hydrogen-bond acceptors (Lipinski definition) is 4. The maximum Gasteiger partial charge on any atom is 0.290 e. The number of methoxy groups -OCH3 is 1. The van der Waals surface area contributed by atoms with Gasteiger partial charge in [-0.25, -0.2) is 0 Å². The van der Waals surface area contributed by atoms with Gasteiger partial charge in [-0.2, -0.15) is 0 Å². The number of amides is 1. The van der Waals surface area contributed by atoms with Gasteiger partial charge in [0.25, 0.3) is 5.91 Å². The molecule has 0 radical (unpaired) electrons. The number of nitrogens with two attached hydrogens (primary N) is 1. The zero-order valence-electron chi connectivity index (χ0n) is 14.4. The van der Waals surface area contributed by atoms with Gasteiger partial charge in [-0.3, -0.25) is 4.79 Å². The molecule has 2 heterocycles. The summed E-state index contributed by atoms with van der Waals surface area (Å²) in [6, 6.07) is 9.39. The third kappa shape index (κ3) is 2.98. The summed E-state index contributed by atoms with van der Waals surface area (Å²) in [4.78, 5) is 14.8. The van der Waals surface area contributed by atoms with Crippen LogP contribution in [0.2, 0.25) is 0 Å². The largest absolute Gasteiger partial charge is 0.496 e. The minimum atomic E-state index is -0.0460. The van der Waals surface area contributed by atoms with E-state index in [1.165, 1.54) is 0 Å². The predicted molar refractivity (Wildman–Crippen MR) is 94.1 cm³/mol. The van der Waals surface area contributed by atoms with Gasteiger partial charge in [0, 0.05) is 23.8 Å². The van der Waals surface area contributed by atoms with Gasteiger partial charge < -0.3 is 19.8 Å². The molecule has 2 N–H and O–H groups in total. The molecule has 0 saturated carbocycles. The molecule has 1 aromatic heterocycles. The second kappa shape index (κ2) is 6.59. The third-order valence-electron chi connectivity index (χ3n) is 4.74. The quantitative estimate of drug-likeness (QED) is 0.867. The van der Waals surface area contributed by atoms with Crippen LogP contribution >= 0.6 is 0 Å². The smallest absolute Gasteiger partial charge is 0.290 e. The van der Waals surface area contributed by atoms with Gasteiger partial charge in [0.1, 0.15) is 11.5 Å². The second-order valence-electron chi connectivity index (χ2n) is 6.46. The highest BCUT2D eigenvalue weighted by atomic mass is 16.5. The maximum absolute atomic E-state index is 12.9. The van der Waals surface area contributed by atoms with Crippen LogP contribution < -0.4 is 10.5 Å². The molecular formula is C19H24N2O3. The molecular weight excluding hydrogens is 304 g/mol. The average Bonchev–Trinajstić information content (AvgIpc) is 3.04. The number of benzene rings is 1. The van der Waals surface area contributed by atoms with Crippen LogP contribution in [0.5, 0.6) is 5.75 Å². The van der Waals surface area contributed by atoms with Crippen molar-refractivity contribution in [1.82, 2.24) is 4.90 Å². The number of carbonyl (C=O) groups excluding carboxylic acids is 1. The van der Waals surface area contributed by atoms with E-state index in [0.717, 1.165) is 24.8 Å². The summed E-state index contributed by atoms with van der Waals surface area (Å²) in [5.74, 6) is 1.55. The van der Waals surface area contributed by atoms with Crippen molar-refractivity contribution in [3.63, 3.8) is 0 Å². The molecule has 1 amide bonds. The van der Waals surface area contributed by atoms with Crippen LogP contribution in [0.15, 0.2) is 34.7 Å². The number of carbonyl (C=O) groups is 1. The molecule has 0 aliphatic carbocycles. The lowest BCUT2D eigenvalue weighted by atomic mass is 9.97. The van der Waals surface area contributed by atoms with Gasteiger partial charge in [0.15, 0.2) is 5.76 Å². The second-order valence-corrected chi connectivity index (χ2v) is 6.46. The molecule has 1 aromatic carbocycles. The molecule has 3 rings (SSSR count). The Bertz CT molecular complexity index is 728. The molecule has 1 saturated heterocycles. The Kier molecular flexibility index (Phi) is 4.51. The first-order chi connectivity index (χ1) is 11.5. The summed E-state index contributed by atoms with van der Waals surface area (Å²) in [5, 5.41) is 0. The van der Waals surface area contributed by atoms with Gasteiger partial charge in [-0.1, -0.05) is 0 Å². The normalized spacial score (nSPS) is 20.9. The van der Waals surface area contributed by atoms with Crippen LogP contribution in [0.25, 0.3) is 11.3 Å². The zero-order valence-corrected chi connectivity index (χ0v) is 14.4. The Labute approximate surface area is 142 Å². The van der Waals surface area contributed by atoms with E-state index >= 15 is 0 Å². The summed E-state index contributed by atoms with van der Waals surface area (Å²) in [6.07, 6.45) is 3.24. The first kappa shape index (κ1) is 16.4. The topological polar surface area (TPSA) is 68.7 Å². The standard InChI is InChI=1S/C19H24N2O3/c1-12-5-4-6-13(2)21(12)19(22)17-10-9-16(24-17)15-8-7-14(20)11-18(15)23-3/h7-13H,4-6,20H2,1-3H3/t12-,13-/m1/s1. The maximum atomic E-state index is 12.9. The fourth-order valence-corrected chi connectivity index (χ4v) is 3.46. The lowest BCUT2D eigenvalue weighted by molar-refractivity contribution is 0.0479. The SMILES string of the molecule is COc1cc(N)ccc1-c1ccc(C(=O)N2[C@H](C)CCC[C@H]2C)o1. The molecule has 24 heavy (non-hydrogen) atoms. The monoisotopic (exact) mass is 328 g/mol. The van der Waals surface area contributed by atoms with Crippen LogP contribution in [0, 0.1) is 0 Å². The van der Waals surface area contributed by atoms with Crippen molar-refractivity contribution in [3.05, 3.63) is 36.1 Å². The van der Waals surface area contributed by atoms with Crippen molar-refractivity contribution >= 4 is 11.6 Å². The van der Waals surface area contributed by atoms with Crippen LogP contribution in [0.3, 0.4) is 0 Å². The van der Waals surface area contributed by atoms with E-state index < -0.39 is 0 Å². The van der Waals surface area contributed by atoms with Crippen molar-refractivity contribution in [3.8, 4) is 17.1 Å². The molecule has 1 aliphatic rings. The minimum Gasteiger partial charge on any atom is -0.496 e. The lowest BCUT2D eigenvalue weighted by Gasteiger charge is -2.38. The van der Waals surface area contributed by atoms with Gasteiger partial charge in [0.05, 0.1) is 12.7 Å². The molecule has 2 atom stereocenters. The highest BCUT2D eigenvalue weighted by molar-refractivity contribution is 5.92. The summed E-state index contributed by atoms with van der Waals surface area (Å²) in [7, 11) is 1.59. The number of nitrogens with zero attached hydrogens (tertiary/aromatic N) is 1. The van der Waals surface area contributed by atoms with Gasteiger partial charge in [-0.05, 0) is 57.4 Å². The lowest BCUT2D eigenvalue weighted by Crippen LogP contribution is -2.47. The van der Waals surface area contributed by atoms with Crippen LogP contribution in [0.1, 0.15) is 43.7 Å². The molecule has 2 aromatic rings. The number of ether oxygens (including phenoxy) is 1. The first-order valence-electron chi connectivity index (χ1n) is 8.37. The van der Waals surface area contributed by atoms with Gasteiger partial charge >= 0.3 is 0 Å². The fraction of sp³-hybridized carbons (Fsp3) is 0.421. The Balaban J connectivity index is 1.89. The van der Waals surface area contributed by atoms with E-state index in [9.17, 15) is 4.79 Å². The third-order valence-corrected chi connectivity index (χ3v) is 4.74. The Morgan fingerprint density at radius 3 is 2.58 bits per heavy atom. The molecule has 0 spiro atoms. The van der Waals surface area contributed by atoms with Crippen LogP contribution in [0.4, 0.5) is 5.69 Å². The summed E-state index contributed by atoms with van der Waals surface area (Å²) in [6.45, 7) is 4.20. The minimum absolute atomic E-state index is 0.0460. The van der Waals surface area contributed by atoms with E-state index in [-0.39, 0.29) is 18.0 Å². The fourth-order valence-electron chi connectivity index (χ4n) is 3.46. The van der Waals surface area contributed by atoms with Crippen molar-refractivity contribution in [2.45, 2.75) is 45.2 Å². The number of nitrogen functional groups attached to an aromatic ring is 1. The number of furan rings is 1. The van der Waals surface area contributed by atoms with Crippen molar-refractivity contribution in [1.29, 1.82) is 0 Å². The number of likely N-dealkylation sites (tertiary alicyclic amines) is 1. The number of hydrogen-bond donors (Lipinski definition) is 1. The zero-order chi connectivity index (χ0) is 17.3. The van der Waals surface area contributed by atoms with E-state index in [4.69, 9.17) is 14.9 Å². The van der Waals surface area contributed by atoms with E-state index in [0.29, 0.717) is 23.0 Å². The summed E-state index contributed by atoms with van der Waals surface area (Å²) < 4.78 is 11.2. The predicted octanol–water partition coefficient (Wildman–Crippen LogP) is 3.94. The van der Waals surface area contributed by atoms with Gasteiger partial charge in [-0.15, -0.1) is 0 Å². The Morgan fingerprint density at radius 2 is 1.92 bits per heavy atom. The molecule has 5 nitrogen and oxygen atoms in total. The van der Waals surface area contributed by atoms with Crippen LogP contribution in [-0.2, 0) is 0 Å². The average molecular weight is 328 g/mol. The van der Waals surface area contributed by atoms with Crippen molar-refractivity contribution in [2.24, 2.45) is 0 Å². The van der Waals surface area contributed by atoms with E-state index in [1.807, 2.05) is 11.0 Å². The van der Waals surface area contributed by atoms with Crippen molar-refractivity contribution in [2.75, 3.05) is 12.8 Å². The molecule has 0 bridgehead atoms. The first-order valence-corrected chi connectivity index (χ1v) is 8.37.